The largest absolute Gasteiger partial charge is 0.349 e. The zero-order chi connectivity index (χ0) is 14.3. The van der Waals surface area contributed by atoms with Gasteiger partial charge in [-0.15, -0.1) is 0 Å². The van der Waals surface area contributed by atoms with Crippen molar-refractivity contribution >= 4 is 23.2 Å². The molecule has 0 spiro atoms. The van der Waals surface area contributed by atoms with Crippen LogP contribution in [0.2, 0.25) is 5.15 Å². The highest BCUT2D eigenvalue weighted by molar-refractivity contribution is 6.32. The summed E-state index contributed by atoms with van der Waals surface area (Å²) in [7, 11) is 0. The minimum absolute atomic E-state index is 0.00347. The summed E-state index contributed by atoms with van der Waals surface area (Å²) in [6.07, 6.45) is 5.62. The van der Waals surface area contributed by atoms with Crippen molar-refractivity contribution < 1.29 is 9.72 Å². The van der Waals surface area contributed by atoms with Gasteiger partial charge in [0.15, 0.2) is 0 Å². The zero-order valence-corrected chi connectivity index (χ0v) is 11.5. The van der Waals surface area contributed by atoms with E-state index in [2.05, 4.69) is 10.3 Å². The summed E-state index contributed by atoms with van der Waals surface area (Å²) in [6, 6.07) is 1.34. The van der Waals surface area contributed by atoms with Gasteiger partial charge in [0.1, 0.15) is 11.3 Å². The fourth-order valence-electron chi connectivity index (χ4n) is 3.36. The SMILES string of the molecule is O=C(NC1CC2CCC1C2)c1cc([N+](=O)[O-])cnc1Cl. The second-order valence-electron chi connectivity index (χ2n) is 5.54. The Bertz CT molecular complexity index is 578. The molecule has 2 fully saturated rings. The molecular weight excluding hydrogens is 282 g/mol. The first-order chi connectivity index (χ1) is 9.54. The van der Waals surface area contributed by atoms with E-state index in [9.17, 15) is 14.9 Å². The molecule has 0 aliphatic heterocycles. The molecule has 0 saturated heterocycles. The minimum Gasteiger partial charge on any atom is -0.349 e. The monoisotopic (exact) mass is 295 g/mol. The van der Waals surface area contributed by atoms with Crippen molar-refractivity contribution in [2.45, 2.75) is 31.7 Å². The van der Waals surface area contributed by atoms with E-state index in [1.807, 2.05) is 0 Å². The summed E-state index contributed by atoms with van der Waals surface area (Å²) in [4.78, 5) is 26.1. The lowest BCUT2D eigenvalue weighted by molar-refractivity contribution is -0.385. The Balaban J connectivity index is 1.76. The Morgan fingerprint density at radius 1 is 1.45 bits per heavy atom. The Labute approximate surface area is 120 Å². The van der Waals surface area contributed by atoms with E-state index in [1.165, 1.54) is 18.9 Å². The molecule has 1 aromatic heterocycles. The summed E-state index contributed by atoms with van der Waals surface area (Å²) >= 11 is 5.87. The van der Waals surface area contributed by atoms with Gasteiger partial charge in [-0.05, 0) is 31.1 Å². The van der Waals surface area contributed by atoms with E-state index in [-0.39, 0.29) is 28.4 Å². The Morgan fingerprint density at radius 3 is 2.85 bits per heavy atom. The smallest absolute Gasteiger partial charge is 0.288 e. The maximum atomic E-state index is 12.2. The lowest BCUT2D eigenvalue weighted by Gasteiger charge is -2.22. The number of carbonyl (C=O) groups is 1. The number of hydrogen-bond acceptors (Lipinski definition) is 4. The molecule has 3 rings (SSSR count). The quantitative estimate of drug-likeness (QED) is 0.527. The summed E-state index contributed by atoms with van der Waals surface area (Å²) in [5.41, 5.74) is -0.156. The third-order valence-electron chi connectivity index (χ3n) is 4.33. The standard InChI is InChI=1S/C13H14ClN3O3/c14-12-10(5-9(6-15-12)17(19)20)13(18)16-11-4-7-1-2-8(11)3-7/h5-8,11H,1-4H2,(H,16,18). The van der Waals surface area contributed by atoms with Crippen molar-refractivity contribution in [3.05, 3.63) is 33.1 Å². The average Bonchev–Trinajstić information content (AvgIpc) is 3.01. The predicted molar refractivity (Wildman–Crippen MR) is 72.6 cm³/mol. The van der Waals surface area contributed by atoms with E-state index in [1.54, 1.807) is 0 Å². The van der Waals surface area contributed by atoms with Crippen molar-refractivity contribution in [3.63, 3.8) is 0 Å². The Kier molecular flexibility index (Phi) is 3.33. The maximum absolute atomic E-state index is 12.2. The molecule has 3 atom stereocenters. The summed E-state index contributed by atoms with van der Waals surface area (Å²) < 4.78 is 0. The fraction of sp³-hybridized carbons (Fsp3) is 0.538. The van der Waals surface area contributed by atoms with Crippen LogP contribution in [-0.2, 0) is 0 Å². The van der Waals surface area contributed by atoms with Crippen LogP contribution in [0.25, 0.3) is 0 Å². The van der Waals surface area contributed by atoms with Gasteiger partial charge in [0.05, 0.1) is 10.5 Å². The second kappa shape index (κ2) is 5.01. The number of aromatic nitrogens is 1. The summed E-state index contributed by atoms with van der Waals surface area (Å²) in [5.74, 6) is 0.877. The second-order valence-corrected chi connectivity index (χ2v) is 5.90. The molecule has 106 valence electrons. The molecule has 1 amide bonds. The topological polar surface area (TPSA) is 85.1 Å². The third kappa shape index (κ3) is 2.35. The average molecular weight is 296 g/mol. The van der Waals surface area contributed by atoms with Crippen LogP contribution in [0.15, 0.2) is 12.3 Å². The maximum Gasteiger partial charge on any atom is 0.288 e. The number of rotatable bonds is 3. The number of hydrogen-bond donors (Lipinski definition) is 1. The van der Waals surface area contributed by atoms with Crippen LogP contribution in [0.4, 0.5) is 5.69 Å². The molecule has 3 unspecified atom stereocenters. The number of amides is 1. The number of nitrogens with zero attached hydrogens (tertiary/aromatic N) is 2. The molecule has 0 radical (unpaired) electrons. The molecule has 20 heavy (non-hydrogen) atoms. The highest BCUT2D eigenvalue weighted by atomic mass is 35.5. The van der Waals surface area contributed by atoms with Crippen molar-refractivity contribution in [1.82, 2.24) is 10.3 Å². The van der Waals surface area contributed by atoms with E-state index in [0.29, 0.717) is 11.8 Å². The lowest BCUT2D eigenvalue weighted by atomic mass is 9.95. The van der Waals surface area contributed by atoms with Crippen LogP contribution in [0, 0.1) is 22.0 Å². The molecule has 2 aliphatic rings. The molecule has 1 heterocycles. The van der Waals surface area contributed by atoms with Crippen molar-refractivity contribution in [1.29, 1.82) is 0 Å². The number of nitro groups is 1. The van der Waals surface area contributed by atoms with E-state index in [4.69, 9.17) is 11.6 Å². The minimum atomic E-state index is -0.586. The van der Waals surface area contributed by atoms with E-state index < -0.39 is 4.92 Å². The van der Waals surface area contributed by atoms with Crippen LogP contribution in [0.1, 0.15) is 36.0 Å². The van der Waals surface area contributed by atoms with Gasteiger partial charge >= 0.3 is 0 Å². The molecule has 2 bridgehead atoms. The van der Waals surface area contributed by atoms with Crippen molar-refractivity contribution in [2.24, 2.45) is 11.8 Å². The lowest BCUT2D eigenvalue weighted by Crippen LogP contribution is -2.38. The normalized spacial score (nSPS) is 27.6. The Morgan fingerprint density at radius 2 is 2.25 bits per heavy atom. The molecule has 1 aromatic rings. The molecule has 7 heteroatoms. The van der Waals surface area contributed by atoms with Crippen LogP contribution in [0.5, 0.6) is 0 Å². The van der Waals surface area contributed by atoms with Crippen LogP contribution >= 0.6 is 11.6 Å². The number of carbonyl (C=O) groups excluding carboxylic acids is 1. The van der Waals surface area contributed by atoms with Crippen LogP contribution in [-0.4, -0.2) is 21.9 Å². The number of fused-ring (bicyclic) bond motifs is 2. The predicted octanol–water partition coefficient (Wildman–Crippen LogP) is 2.56. The number of pyridine rings is 1. The van der Waals surface area contributed by atoms with Gasteiger partial charge in [0, 0.05) is 12.1 Å². The molecular formula is C13H14ClN3O3. The third-order valence-corrected chi connectivity index (χ3v) is 4.64. The van der Waals surface area contributed by atoms with Crippen LogP contribution in [0.3, 0.4) is 0 Å². The van der Waals surface area contributed by atoms with Crippen molar-refractivity contribution in [2.75, 3.05) is 0 Å². The van der Waals surface area contributed by atoms with E-state index in [0.717, 1.165) is 19.0 Å². The van der Waals surface area contributed by atoms with E-state index >= 15 is 0 Å². The highest BCUT2D eigenvalue weighted by Gasteiger charge is 2.40. The highest BCUT2D eigenvalue weighted by Crippen LogP contribution is 2.44. The van der Waals surface area contributed by atoms with Crippen molar-refractivity contribution in [3.8, 4) is 0 Å². The first kappa shape index (κ1) is 13.3. The van der Waals surface area contributed by atoms with Gasteiger partial charge in [-0.3, -0.25) is 14.9 Å². The molecule has 2 aliphatic carbocycles. The van der Waals surface area contributed by atoms with Gasteiger partial charge in [-0.2, -0.15) is 0 Å². The van der Waals surface area contributed by atoms with Gasteiger partial charge in [0.2, 0.25) is 0 Å². The zero-order valence-electron chi connectivity index (χ0n) is 10.7. The fourth-order valence-corrected chi connectivity index (χ4v) is 3.55. The van der Waals surface area contributed by atoms with Crippen LogP contribution < -0.4 is 5.32 Å². The number of nitrogens with one attached hydrogen (secondary N) is 1. The first-order valence-corrected chi connectivity index (χ1v) is 7.03. The molecule has 0 aromatic carbocycles. The van der Waals surface area contributed by atoms with Gasteiger partial charge in [0.25, 0.3) is 11.6 Å². The molecule has 6 nitrogen and oxygen atoms in total. The molecule has 2 saturated carbocycles. The summed E-state index contributed by atoms with van der Waals surface area (Å²) in [6.45, 7) is 0. The summed E-state index contributed by atoms with van der Waals surface area (Å²) in [5, 5.41) is 13.7. The van der Waals surface area contributed by atoms with Gasteiger partial charge in [-0.1, -0.05) is 18.0 Å². The number of halogens is 1. The van der Waals surface area contributed by atoms with Gasteiger partial charge in [-0.25, -0.2) is 4.98 Å². The first-order valence-electron chi connectivity index (χ1n) is 6.65. The van der Waals surface area contributed by atoms with Gasteiger partial charge < -0.3 is 5.32 Å². The Hall–Kier alpha value is -1.69. The molecule has 1 N–H and O–H groups in total.